The number of carbonyl (C=O) groups excluding carboxylic acids is 1. The molecule has 1 atom stereocenters. The van der Waals surface area contributed by atoms with Gasteiger partial charge in [0.1, 0.15) is 6.04 Å². The van der Waals surface area contributed by atoms with E-state index in [2.05, 4.69) is 15.4 Å². The van der Waals surface area contributed by atoms with Crippen LogP contribution in [0.2, 0.25) is 0 Å². The Morgan fingerprint density at radius 2 is 2.19 bits per heavy atom. The SMILES string of the molecule is CCNC(CCSc1nc(=O)c(=O)[nH]n1C)C(=O)OCC. The van der Waals surface area contributed by atoms with Gasteiger partial charge in [-0.15, -0.1) is 0 Å². The van der Waals surface area contributed by atoms with E-state index >= 15 is 0 Å². The number of nitrogens with zero attached hydrogens (tertiary/aromatic N) is 2. The molecule has 0 fully saturated rings. The van der Waals surface area contributed by atoms with Crippen molar-refractivity contribution in [3.63, 3.8) is 0 Å². The Kier molecular flexibility index (Phi) is 7.17. The van der Waals surface area contributed by atoms with Crippen LogP contribution in [0.15, 0.2) is 14.7 Å². The Labute approximate surface area is 126 Å². The topological polar surface area (TPSA) is 106 Å². The zero-order valence-electron chi connectivity index (χ0n) is 12.3. The van der Waals surface area contributed by atoms with Gasteiger partial charge in [0, 0.05) is 12.8 Å². The van der Waals surface area contributed by atoms with Crippen molar-refractivity contribution >= 4 is 17.7 Å². The maximum atomic E-state index is 11.7. The van der Waals surface area contributed by atoms with E-state index in [1.54, 1.807) is 14.0 Å². The zero-order chi connectivity index (χ0) is 15.8. The molecule has 2 N–H and O–H groups in total. The van der Waals surface area contributed by atoms with Gasteiger partial charge in [0.05, 0.1) is 6.61 Å². The minimum atomic E-state index is -0.816. The molecular formula is C12H20N4O4S. The highest BCUT2D eigenvalue weighted by Gasteiger charge is 2.18. The highest BCUT2D eigenvalue weighted by atomic mass is 32.2. The minimum Gasteiger partial charge on any atom is -0.465 e. The lowest BCUT2D eigenvalue weighted by Gasteiger charge is -2.16. The van der Waals surface area contributed by atoms with E-state index in [9.17, 15) is 14.4 Å². The van der Waals surface area contributed by atoms with E-state index in [-0.39, 0.29) is 12.0 Å². The third-order valence-corrected chi connectivity index (χ3v) is 3.67. The molecule has 0 saturated carbocycles. The summed E-state index contributed by atoms with van der Waals surface area (Å²) in [6.07, 6.45) is 0.534. The van der Waals surface area contributed by atoms with Crippen molar-refractivity contribution < 1.29 is 9.53 Å². The highest BCUT2D eigenvalue weighted by Crippen LogP contribution is 2.14. The molecule has 0 aliphatic heterocycles. The first-order valence-corrected chi connectivity index (χ1v) is 7.68. The number of rotatable bonds is 8. The van der Waals surface area contributed by atoms with Crippen molar-refractivity contribution in [2.45, 2.75) is 31.5 Å². The molecule has 9 heteroatoms. The summed E-state index contributed by atoms with van der Waals surface area (Å²) in [6.45, 7) is 4.66. The number of hydrogen-bond donors (Lipinski definition) is 2. The summed E-state index contributed by atoms with van der Waals surface area (Å²) in [5, 5.41) is 5.83. The van der Waals surface area contributed by atoms with Crippen LogP contribution in [0.3, 0.4) is 0 Å². The second kappa shape index (κ2) is 8.63. The van der Waals surface area contributed by atoms with Crippen LogP contribution in [-0.4, -0.2) is 45.7 Å². The van der Waals surface area contributed by atoms with Crippen LogP contribution < -0.4 is 16.4 Å². The number of aromatic nitrogens is 3. The van der Waals surface area contributed by atoms with Crippen molar-refractivity contribution in [1.29, 1.82) is 0 Å². The Morgan fingerprint density at radius 3 is 2.81 bits per heavy atom. The summed E-state index contributed by atoms with van der Waals surface area (Å²) < 4.78 is 6.38. The van der Waals surface area contributed by atoms with E-state index in [1.807, 2.05) is 6.92 Å². The standard InChI is InChI=1S/C12H20N4O4S/c1-4-13-8(11(19)20-5-2)6-7-21-12-14-9(17)10(18)15-16(12)3/h8,13H,4-7H2,1-3H3,(H,15,18). The van der Waals surface area contributed by atoms with E-state index in [0.717, 1.165) is 0 Å². The second-order valence-corrected chi connectivity index (χ2v) is 5.26. The first kappa shape index (κ1) is 17.4. The summed E-state index contributed by atoms with van der Waals surface area (Å²) >= 11 is 1.29. The Hall–Kier alpha value is -1.61. The molecule has 0 aromatic carbocycles. The fraction of sp³-hybridized carbons (Fsp3) is 0.667. The van der Waals surface area contributed by atoms with E-state index in [1.165, 1.54) is 16.4 Å². The third-order valence-electron chi connectivity index (χ3n) is 2.61. The van der Waals surface area contributed by atoms with Gasteiger partial charge < -0.3 is 10.1 Å². The largest absolute Gasteiger partial charge is 0.465 e. The monoisotopic (exact) mass is 316 g/mol. The molecule has 1 unspecified atom stereocenters. The van der Waals surface area contributed by atoms with Gasteiger partial charge in [-0.3, -0.25) is 24.2 Å². The first-order chi connectivity index (χ1) is 9.99. The van der Waals surface area contributed by atoms with E-state index in [0.29, 0.717) is 30.5 Å². The molecule has 0 spiro atoms. The molecular weight excluding hydrogens is 296 g/mol. The number of aryl methyl sites for hydroxylation is 1. The number of H-pyrrole nitrogens is 1. The van der Waals surface area contributed by atoms with Gasteiger partial charge in [-0.25, -0.2) is 0 Å². The molecule has 21 heavy (non-hydrogen) atoms. The number of thioether (sulfide) groups is 1. The smallest absolute Gasteiger partial charge is 0.339 e. The number of nitrogens with one attached hydrogen (secondary N) is 2. The maximum Gasteiger partial charge on any atom is 0.339 e. The molecule has 0 aliphatic carbocycles. The average molecular weight is 316 g/mol. The lowest BCUT2D eigenvalue weighted by Crippen LogP contribution is -2.38. The van der Waals surface area contributed by atoms with Crippen LogP contribution in [0.1, 0.15) is 20.3 Å². The van der Waals surface area contributed by atoms with Crippen LogP contribution in [0, 0.1) is 0 Å². The molecule has 118 valence electrons. The fourth-order valence-corrected chi connectivity index (χ4v) is 2.57. The van der Waals surface area contributed by atoms with Gasteiger partial charge in [0.15, 0.2) is 5.16 Å². The highest BCUT2D eigenvalue weighted by molar-refractivity contribution is 7.99. The molecule has 0 saturated heterocycles. The van der Waals surface area contributed by atoms with Crippen LogP contribution in [0.5, 0.6) is 0 Å². The van der Waals surface area contributed by atoms with Crippen molar-refractivity contribution in [3.05, 3.63) is 20.7 Å². The van der Waals surface area contributed by atoms with Gasteiger partial charge in [-0.1, -0.05) is 18.7 Å². The lowest BCUT2D eigenvalue weighted by molar-refractivity contribution is -0.145. The predicted octanol–water partition coefficient (Wildman–Crippen LogP) is -0.508. The van der Waals surface area contributed by atoms with Crippen LogP contribution in [0.25, 0.3) is 0 Å². The molecule has 1 aromatic heterocycles. The summed E-state index contributed by atoms with van der Waals surface area (Å²) in [4.78, 5) is 37.7. The average Bonchev–Trinajstić information content (AvgIpc) is 2.43. The number of ether oxygens (including phenoxy) is 1. The molecule has 1 rings (SSSR count). The van der Waals surface area contributed by atoms with Gasteiger partial charge in [0.25, 0.3) is 0 Å². The predicted molar refractivity (Wildman–Crippen MR) is 79.5 cm³/mol. The summed E-state index contributed by atoms with van der Waals surface area (Å²) in [6, 6.07) is -0.387. The molecule has 0 radical (unpaired) electrons. The van der Waals surface area contributed by atoms with Crippen LogP contribution >= 0.6 is 11.8 Å². The molecule has 1 heterocycles. The summed E-state index contributed by atoms with van der Waals surface area (Å²) in [5.74, 6) is 0.270. The van der Waals surface area contributed by atoms with Gasteiger partial charge in [-0.2, -0.15) is 4.98 Å². The first-order valence-electron chi connectivity index (χ1n) is 6.69. The normalized spacial score (nSPS) is 12.1. The minimum absolute atomic E-state index is 0.289. The second-order valence-electron chi connectivity index (χ2n) is 4.20. The van der Waals surface area contributed by atoms with Crippen molar-refractivity contribution in [3.8, 4) is 0 Å². The van der Waals surface area contributed by atoms with Gasteiger partial charge in [-0.05, 0) is 19.9 Å². The molecule has 8 nitrogen and oxygen atoms in total. The molecule has 1 aromatic rings. The van der Waals surface area contributed by atoms with Gasteiger partial charge in [0.2, 0.25) is 0 Å². The molecule has 0 bridgehead atoms. The Bertz CT molecular complexity index is 583. The quantitative estimate of drug-likeness (QED) is 0.378. The van der Waals surface area contributed by atoms with E-state index in [4.69, 9.17) is 4.74 Å². The lowest BCUT2D eigenvalue weighted by atomic mass is 10.2. The summed E-state index contributed by atoms with van der Waals surface area (Å²) in [7, 11) is 1.60. The van der Waals surface area contributed by atoms with E-state index < -0.39 is 11.1 Å². The number of esters is 1. The number of hydrogen-bond acceptors (Lipinski definition) is 7. The number of carbonyl (C=O) groups is 1. The van der Waals surface area contributed by atoms with Crippen molar-refractivity contribution in [2.24, 2.45) is 7.05 Å². The number of aromatic amines is 1. The maximum absolute atomic E-state index is 11.7. The van der Waals surface area contributed by atoms with Crippen molar-refractivity contribution in [2.75, 3.05) is 18.9 Å². The Balaban J connectivity index is 2.62. The zero-order valence-corrected chi connectivity index (χ0v) is 13.2. The Morgan fingerprint density at radius 1 is 1.48 bits per heavy atom. The van der Waals surface area contributed by atoms with Crippen molar-refractivity contribution in [1.82, 2.24) is 20.1 Å². The third kappa shape index (κ3) is 5.35. The molecule has 0 aliphatic rings. The molecule has 0 amide bonds. The van der Waals surface area contributed by atoms with Gasteiger partial charge >= 0.3 is 17.1 Å². The summed E-state index contributed by atoms with van der Waals surface area (Å²) in [5.41, 5.74) is -1.57. The van der Waals surface area contributed by atoms with Crippen LogP contribution in [-0.2, 0) is 16.6 Å². The van der Waals surface area contributed by atoms with Crippen LogP contribution in [0.4, 0.5) is 0 Å². The number of likely N-dealkylation sites (N-methyl/N-ethyl adjacent to an activating group) is 1. The fourth-order valence-electron chi connectivity index (χ4n) is 1.65.